The number of halogens is 1. The number of benzene rings is 2. The maximum Gasteiger partial charge on any atom is 0.225 e. The van der Waals surface area contributed by atoms with Crippen molar-refractivity contribution in [3.63, 3.8) is 0 Å². The molecule has 0 radical (unpaired) electrons. The number of fused-ring (bicyclic) bond motifs is 1. The summed E-state index contributed by atoms with van der Waals surface area (Å²) in [6.45, 7) is 0. The number of para-hydroxylation sites is 1. The highest BCUT2D eigenvalue weighted by Crippen LogP contribution is 2.36. The molecule has 2 aromatic heterocycles. The van der Waals surface area contributed by atoms with E-state index in [1.54, 1.807) is 0 Å². The summed E-state index contributed by atoms with van der Waals surface area (Å²) in [4.78, 5) is 15.9. The van der Waals surface area contributed by atoms with Crippen molar-refractivity contribution in [1.82, 2.24) is 19.9 Å². The Kier molecular flexibility index (Phi) is 3.09. The molecule has 0 atom stereocenters. The second-order valence-corrected chi connectivity index (χ2v) is 5.20. The fourth-order valence-electron chi connectivity index (χ4n) is 2.59. The molecule has 0 amide bonds. The van der Waals surface area contributed by atoms with Gasteiger partial charge in [-0.05, 0) is 23.2 Å². The minimum absolute atomic E-state index is 0.189. The van der Waals surface area contributed by atoms with E-state index in [-0.39, 0.29) is 5.28 Å². The lowest BCUT2D eigenvalue weighted by Gasteiger charge is -2.04. The fraction of sp³-hybridized carbons (Fsp3) is 0. The number of hydrogen-bond donors (Lipinski definition) is 1. The lowest BCUT2D eigenvalue weighted by atomic mass is 10.0. The van der Waals surface area contributed by atoms with Gasteiger partial charge in [-0.3, -0.25) is 0 Å². The molecule has 1 N–H and O–H groups in total. The van der Waals surface area contributed by atoms with Crippen molar-refractivity contribution >= 4 is 22.5 Å². The minimum Gasteiger partial charge on any atom is -0.354 e. The van der Waals surface area contributed by atoms with E-state index >= 15 is 0 Å². The first-order chi connectivity index (χ1) is 10.8. The minimum atomic E-state index is 0.189. The van der Waals surface area contributed by atoms with Crippen LogP contribution in [0.2, 0.25) is 5.28 Å². The third-order valence-electron chi connectivity index (χ3n) is 3.53. The van der Waals surface area contributed by atoms with E-state index in [1.807, 2.05) is 42.5 Å². The topological polar surface area (TPSA) is 54.5 Å². The van der Waals surface area contributed by atoms with Crippen LogP contribution in [-0.4, -0.2) is 19.9 Å². The van der Waals surface area contributed by atoms with Gasteiger partial charge in [0.2, 0.25) is 5.28 Å². The molecular formula is C17H11ClN4. The Bertz CT molecular complexity index is 947. The third kappa shape index (κ3) is 2.14. The number of hydrogen-bond acceptors (Lipinski definition) is 3. The number of H-pyrrole nitrogens is 1. The fourth-order valence-corrected chi connectivity index (χ4v) is 2.72. The van der Waals surface area contributed by atoms with Crippen LogP contribution in [0.5, 0.6) is 0 Å². The van der Waals surface area contributed by atoms with Crippen LogP contribution in [-0.2, 0) is 0 Å². The second-order valence-electron chi connectivity index (χ2n) is 4.86. The summed E-state index contributed by atoms with van der Waals surface area (Å²) < 4.78 is 0. The highest BCUT2D eigenvalue weighted by atomic mass is 35.5. The molecule has 0 fully saturated rings. The van der Waals surface area contributed by atoms with Crippen LogP contribution < -0.4 is 0 Å². The van der Waals surface area contributed by atoms with Crippen LogP contribution in [0.4, 0.5) is 0 Å². The van der Waals surface area contributed by atoms with Gasteiger partial charge in [-0.2, -0.15) is 4.98 Å². The van der Waals surface area contributed by atoms with Crippen LogP contribution in [0.3, 0.4) is 0 Å². The molecule has 22 heavy (non-hydrogen) atoms. The van der Waals surface area contributed by atoms with Gasteiger partial charge in [-0.15, -0.1) is 0 Å². The van der Waals surface area contributed by atoms with Crippen molar-refractivity contribution in [3.05, 3.63) is 66.2 Å². The highest BCUT2D eigenvalue weighted by Gasteiger charge is 2.17. The summed E-state index contributed by atoms with van der Waals surface area (Å²) in [5, 5.41) is 1.25. The van der Waals surface area contributed by atoms with Crippen LogP contribution in [0.1, 0.15) is 0 Å². The summed E-state index contributed by atoms with van der Waals surface area (Å²) in [5.74, 6) is 0.566. The van der Waals surface area contributed by atoms with Gasteiger partial charge in [0.05, 0.1) is 11.3 Å². The molecule has 4 aromatic rings. The van der Waals surface area contributed by atoms with Crippen LogP contribution >= 0.6 is 11.6 Å². The molecule has 4 nitrogen and oxygen atoms in total. The van der Waals surface area contributed by atoms with Crippen molar-refractivity contribution in [2.24, 2.45) is 0 Å². The van der Waals surface area contributed by atoms with Crippen LogP contribution in [0, 0.1) is 0 Å². The molecule has 0 aliphatic heterocycles. The normalized spacial score (nSPS) is 11.0. The smallest absolute Gasteiger partial charge is 0.225 e. The predicted molar refractivity (Wildman–Crippen MR) is 87.6 cm³/mol. The monoisotopic (exact) mass is 306 g/mol. The van der Waals surface area contributed by atoms with E-state index in [9.17, 15) is 0 Å². The van der Waals surface area contributed by atoms with Gasteiger partial charge >= 0.3 is 0 Å². The van der Waals surface area contributed by atoms with Gasteiger partial charge in [0.1, 0.15) is 6.33 Å². The van der Waals surface area contributed by atoms with E-state index in [1.165, 1.54) is 6.33 Å². The zero-order valence-electron chi connectivity index (χ0n) is 11.5. The van der Waals surface area contributed by atoms with E-state index in [4.69, 9.17) is 11.6 Å². The molecule has 0 aliphatic rings. The molecule has 0 unspecified atom stereocenters. The summed E-state index contributed by atoms with van der Waals surface area (Å²) in [7, 11) is 0. The van der Waals surface area contributed by atoms with E-state index < -0.39 is 0 Å². The first-order valence-corrected chi connectivity index (χ1v) is 7.22. The number of aromatic amines is 1. The Morgan fingerprint density at radius 1 is 0.864 bits per heavy atom. The molecular weight excluding hydrogens is 296 g/mol. The summed E-state index contributed by atoms with van der Waals surface area (Å²) in [6, 6.07) is 18.2. The van der Waals surface area contributed by atoms with E-state index in [0.29, 0.717) is 5.82 Å². The van der Waals surface area contributed by atoms with Gasteiger partial charge in [0, 0.05) is 10.9 Å². The van der Waals surface area contributed by atoms with Crippen LogP contribution in [0.25, 0.3) is 33.5 Å². The molecule has 0 spiro atoms. The molecule has 2 aromatic carbocycles. The molecule has 4 rings (SSSR count). The maximum atomic E-state index is 5.94. The molecule has 2 heterocycles. The third-order valence-corrected chi connectivity index (χ3v) is 3.72. The Labute approximate surface area is 131 Å². The lowest BCUT2D eigenvalue weighted by Crippen LogP contribution is -1.92. The van der Waals surface area contributed by atoms with Gasteiger partial charge in [-0.25, -0.2) is 9.97 Å². The molecule has 0 saturated carbocycles. The SMILES string of the molecule is Clc1ncnc(-c2c(-c3ccccc3)[nH]c3ccccc23)n1. The quantitative estimate of drug-likeness (QED) is 0.599. The summed E-state index contributed by atoms with van der Waals surface area (Å²) >= 11 is 5.94. The lowest BCUT2D eigenvalue weighted by molar-refractivity contribution is 1.06. The Morgan fingerprint density at radius 3 is 2.45 bits per heavy atom. The molecule has 0 saturated heterocycles. The molecule has 0 aliphatic carbocycles. The Hall–Kier alpha value is -2.72. The average Bonchev–Trinajstić information content (AvgIpc) is 2.95. The van der Waals surface area contributed by atoms with E-state index in [0.717, 1.165) is 27.7 Å². The van der Waals surface area contributed by atoms with Crippen molar-refractivity contribution in [3.8, 4) is 22.6 Å². The van der Waals surface area contributed by atoms with E-state index in [2.05, 4.69) is 32.1 Å². The highest BCUT2D eigenvalue weighted by molar-refractivity contribution is 6.28. The summed E-state index contributed by atoms with van der Waals surface area (Å²) in [6.07, 6.45) is 1.43. The first-order valence-electron chi connectivity index (χ1n) is 6.84. The van der Waals surface area contributed by atoms with Gasteiger partial charge in [0.25, 0.3) is 0 Å². The van der Waals surface area contributed by atoms with Crippen molar-refractivity contribution in [1.29, 1.82) is 0 Å². The number of nitrogens with one attached hydrogen (secondary N) is 1. The number of aromatic nitrogens is 4. The molecule has 106 valence electrons. The maximum absolute atomic E-state index is 5.94. The Morgan fingerprint density at radius 2 is 1.64 bits per heavy atom. The molecule has 0 bridgehead atoms. The van der Waals surface area contributed by atoms with Gasteiger partial charge < -0.3 is 4.98 Å². The van der Waals surface area contributed by atoms with Crippen molar-refractivity contribution < 1.29 is 0 Å². The van der Waals surface area contributed by atoms with Crippen LogP contribution in [0.15, 0.2) is 60.9 Å². The zero-order chi connectivity index (χ0) is 14.9. The van der Waals surface area contributed by atoms with Gasteiger partial charge in [-0.1, -0.05) is 48.5 Å². The standard InChI is InChI=1S/C17H11ClN4/c18-17-20-10-19-16(22-17)14-12-8-4-5-9-13(12)21-15(14)11-6-2-1-3-7-11/h1-10,21H. The Balaban J connectivity index is 2.07. The number of rotatable bonds is 2. The first kappa shape index (κ1) is 13.0. The van der Waals surface area contributed by atoms with Gasteiger partial charge in [0.15, 0.2) is 5.82 Å². The summed E-state index contributed by atoms with van der Waals surface area (Å²) in [5.41, 5.74) is 4.02. The molecule has 5 heteroatoms. The second kappa shape index (κ2) is 5.24. The average molecular weight is 307 g/mol. The van der Waals surface area contributed by atoms with Crippen molar-refractivity contribution in [2.75, 3.05) is 0 Å². The number of nitrogens with zero attached hydrogens (tertiary/aromatic N) is 3. The largest absolute Gasteiger partial charge is 0.354 e. The zero-order valence-corrected chi connectivity index (χ0v) is 12.2. The predicted octanol–water partition coefficient (Wildman–Crippen LogP) is 4.34. The van der Waals surface area contributed by atoms with Crippen molar-refractivity contribution in [2.45, 2.75) is 0 Å².